The maximum Gasteiger partial charge on any atom is 0.459 e. The molecule has 40 heavy (non-hydrogen) atoms. The van der Waals surface area contributed by atoms with Gasteiger partial charge in [0.05, 0.1) is 5.69 Å². The minimum atomic E-state index is -4.37. The number of hydrogen-bond acceptors (Lipinski definition) is 11. The van der Waals surface area contributed by atoms with Gasteiger partial charge in [-0.3, -0.25) is 18.9 Å². The molecule has 2 aromatic heterocycles. The molecule has 1 aromatic carbocycles. The first kappa shape index (κ1) is 28.0. The Morgan fingerprint density at radius 1 is 1.32 bits per heavy atom. The van der Waals surface area contributed by atoms with E-state index in [-0.39, 0.29) is 17.7 Å². The van der Waals surface area contributed by atoms with Crippen molar-refractivity contribution in [2.45, 2.75) is 62.4 Å². The molecule has 2 fully saturated rings. The maximum atomic E-state index is 13.9. The lowest BCUT2D eigenvalue weighted by molar-refractivity contribution is -0.154. The highest BCUT2D eigenvalue weighted by Crippen LogP contribution is 2.49. The summed E-state index contributed by atoms with van der Waals surface area (Å²) in [6, 6.07) is 10.2. The number of carbonyl (C=O) groups excluding carboxylic acids is 1. The molecule has 5 rings (SSSR count). The molecule has 14 nitrogen and oxygen atoms in total. The van der Waals surface area contributed by atoms with Crippen molar-refractivity contribution in [1.29, 1.82) is 0 Å². The van der Waals surface area contributed by atoms with E-state index in [0.717, 1.165) is 19.3 Å². The molecule has 3 heterocycles. The van der Waals surface area contributed by atoms with E-state index in [1.165, 1.54) is 29.9 Å². The lowest BCUT2D eigenvalue weighted by Crippen LogP contribution is -2.45. The normalized spacial score (nSPS) is 26.9. The van der Waals surface area contributed by atoms with Gasteiger partial charge in [0.15, 0.2) is 18.5 Å². The number of nitrogens with two attached hydrogens (primary N) is 1. The molecule has 1 aliphatic heterocycles. The molecule has 212 valence electrons. The van der Waals surface area contributed by atoms with Crippen molar-refractivity contribution >= 4 is 25.1 Å². The van der Waals surface area contributed by atoms with Crippen molar-refractivity contribution in [3.63, 3.8) is 0 Å². The van der Waals surface area contributed by atoms with Crippen LogP contribution in [-0.4, -0.2) is 67.5 Å². The third kappa shape index (κ3) is 5.40. The summed E-state index contributed by atoms with van der Waals surface area (Å²) in [5, 5.41) is 28.5. The van der Waals surface area contributed by atoms with Gasteiger partial charge in [0.1, 0.15) is 41.9 Å². The zero-order chi connectivity index (χ0) is 28.5. The number of fused-ring (bicyclic) bond motifs is 1. The topological polar surface area (TPSA) is 184 Å². The van der Waals surface area contributed by atoms with E-state index in [0.29, 0.717) is 11.2 Å². The summed E-state index contributed by atoms with van der Waals surface area (Å²) in [4.78, 5) is 19.9. The van der Waals surface area contributed by atoms with Crippen molar-refractivity contribution in [3.8, 4) is 5.75 Å². The van der Waals surface area contributed by atoms with Crippen LogP contribution < -0.4 is 15.3 Å². The van der Waals surface area contributed by atoms with E-state index >= 15 is 0 Å². The number of nitrogen functional groups attached to an aromatic ring is 1. The molecule has 0 radical (unpaired) electrons. The first-order chi connectivity index (χ1) is 19.1. The van der Waals surface area contributed by atoms with Crippen LogP contribution in [0, 0.1) is 6.57 Å². The second kappa shape index (κ2) is 11.1. The number of nitrogens with zero attached hydrogens (tertiary/aromatic N) is 4. The molecule has 0 bridgehead atoms. The minimum Gasteiger partial charge on any atom is -0.461 e. The van der Waals surface area contributed by atoms with Crippen molar-refractivity contribution in [3.05, 3.63) is 65.9 Å². The van der Waals surface area contributed by atoms with Crippen LogP contribution in [0.5, 0.6) is 5.75 Å². The van der Waals surface area contributed by atoms with Crippen LogP contribution >= 0.6 is 7.75 Å². The number of hydrogen-bond donors (Lipinski definition) is 4. The summed E-state index contributed by atoms with van der Waals surface area (Å²) in [6.07, 6.45) is -1.06. The third-order valence-electron chi connectivity index (χ3n) is 6.87. The Kier molecular flexibility index (Phi) is 7.78. The van der Waals surface area contributed by atoms with Crippen molar-refractivity contribution in [1.82, 2.24) is 19.7 Å². The Hall–Kier alpha value is -3.57. The van der Waals surface area contributed by atoms with E-state index in [2.05, 4.69) is 20.0 Å². The number of carbonyl (C=O) groups is 1. The smallest absolute Gasteiger partial charge is 0.459 e. The first-order valence-electron chi connectivity index (χ1n) is 12.6. The number of benzene rings is 1. The summed E-state index contributed by atoms with van der Waals surface area (Å²) in [7, 11) is -4.37. The number of para-hydroxylation sites is 1. The average Bonchev–Trinajstić information content (AvgIpc) is 3.46. The van der Waals surface area contributed by atoms with Crippen LogP contribution in [0.4, 0.5) is 5.82 Å². The molecule has 3 aromatic rings. The number of aliphatic hydroxyl groups excluding tert-OH is 2. The quantitative estimate of drug-likeness (QED) is 0.158. The number of aliphatic hydroxyl groups is 2. The van der Waals surface area contributed by atoms with Gasteiger partial charge in [0.25, 0.3) is 0 Å². The molecule has 1 saturated heterocycles. The van der Waals surface area contributed by atoms with Crippen LogP contribution in [0.3, 0.4) is 0 Å². The number of ether oxygens (including phenoxy) is 2. The Labute approximate surface area is 229 Å². The number of rotatable bonds is 10. The van der Waals surface area contributed by atoms with Gasteiger partial charge in [0.2, 0.25) is 0 Å². The number of anilines is 1. The Morgan fingerprint density at radius 2 is 2.08 bits per heavy atom. The van der Waals surface area contributed by atoms with E-state index < -0.39 is 50.4 Å². The van der Waals surface area contributed by atoms with Gasteiger partial charge >= 0.3 is 19.4 Å². The minimum absolute atomic E-state index is 0.164. The number of aromatic nitrogens is 3. The fourth-order valence-electron chi connectivity index (χ4n) is 4.39. The zero-order valence-corrected chi connectivity index (χ0v) is 22.4. The average molecular weight is 573 g/mol. The molecule has 5 N–H and O–H groups in total. The molecule has 1 saturated carbocycles. The number of nitrogens with one attached hydrogen (secondary N) is 1. The molecule has 0 spiro atoms. The second-order valence-corrected chi connectivity index (χ2v) is 11.3. The van der Waals surface area contributed by atoms with E-state index in [1.807, 2.05) is 0 Å². The zero-order valence-electron chi connectivity index (χ0n) is 21.5. The van der Waals surface area contributed by atoms with Crippen molar-refractivity contribution in [2.75, 3.05) is 12.3 Å². The summed E-state index contributed by atoms with van der Waals surface area (Å²) in [6.45, 7) is 8.46. The largest absolute Gasteiger partial charge is 0.461 e. The van der Waals surface area contributed by atoms with Crippen molar-refractivity contribution < 1.29 is 38.1 Å². The SMILES string of the molecule is [C-]#[N+][C@]1(CO[P@@](=O)(N[C@@H](C)C(=O)OC2CCC2)Oc2ccccc2)O[C@@H](c2ccc3c(N)ncnn23)[C@H](O)[C@@H]1O. The first-order valence-corrected chi connectivity index (χ1v) is 14.2. The van der Waals surface area contributed by atoms with Gasteiger partial charge in [-0.05, 0) is 50.5 Å². The summed E-state index contributed by atoms with van der Waals surface area (Å²) in [5.41, 5.74) is 4.45. The Morgan fingerprint density at radius 3 is 2.75 bits per heavy atom. The van der Waals surface area contributed by atoms with E-state index in [1.54, 1.807) is 30.3 Å². The van der Waals surface area contributed by atoms with Crippen LogP contribution in [0.2, 0.25) is 0 Å². The van der Waals surface area contributed by atoms with Gasteiger partial charge in [-0.2, -0.15) is 10.2 Å². The molecule has 0 unspecified atom stereocenters. The Balaban J connectivity index is 1.37. The van der Waals surface area contributed by atoms with Crippen LogP contribution in [0.1, 0.15) is 38.0 Å². The van der Waals surface area contributed by atoms with E-state index in [9.17, 15) is 19.6 Å². The highest BCUT2D eigenvalue weighted by atomic mass is 31.2. The second-order valence-electron chi connectivity index (χ2n) is 9.65. The summed E-state index contributed by atoms with van der Waals surface area (Å²) in [5.74, 6) is -0.291. The highest BCUT2D eigenvalue weighted by molar-refractivity contribution is 7.52. The predicted octanol–water partition coefficient (Wildman–Crippen LogP) is 2.00. The van der Waals surface area contributed by atoms with Crippen LogP contribution in [0.25, 0.3) is 10.4 Å². The fraction of sp³-hybridized carbons (Fsp3) is 0.440. The Bertz CT molecular complexity index is 1460. The predicted molar refractivity (Wildman–Crippen MR) is 140 cm³/mol. The lowest BCUT2D eigenvalue weighted by Gasteiger charge is -2.28. The molecular weight excluding hydrogens is 543 g/mol. The van der Waals surface area contributed by atoms with Gasteiger partial charge in [0, 0.05) is 0 Å². The number of esters is 1. The lowest BCUT2D eigenvalue weighted by atomic mass is 9.96. The van der Waals surface area contributed by atoms with Crippen molar-refractivity contribution in [2.24, 2.45) is 0 Å². The fourth-order valence-corrected chi connectivity index (χ4v) is 5.91. The third-order valence-corrected chi connectivity index (χ3v) is 8.49. The molecule has 1 aliphatic carbocycles. The molecule has 0 amide bonds. The van der Waals surface area contributed by atoms with Gasteiger partial charge in [-0.25, -0.2) is 20.6 Å². The molecule has 15 heteroatoms. The van der Waals surface area contributed by atoms with E-state index in [4.69, 9.17) is 30.8 Å². The van der Waals surface area contributed by atoms with Crippen LogP contribution in [0.15, 0.2) is 48.8 Å². The maximum absolute atomic E-state index is 13.9. The molecular formula is C25H29N6O8P. The molecule has 2 aliphatic rings. The standard InChI is InChI=1S/C25H29N6O8P/c1-15(24(34)37-16-9-6-10-16)30-40(35,39-17-7-4-3-5-8-17)36-13-25(27-2)22(33)20(32)21(38-25)18-11-12-19-23(26)28-14-29-31(18)19/h3-5,7-8,11-12,14-16,20-22,32-33H,6,9-10,13H2,1H3,(H,30,35)(H2,26,28,29)/t15-,20-,21-,22-,25+,40-/m0/s1. The summed E-state index contributed by atoms with van der Waals surface area (Å²) >= 11 is 0. The summed E-state index contributed by atoms with van der Waals surface area (Å²) < 4.78 is 37.8. The van der Waals surface area contributed by atoms with Crippen LogP contribution in [-0.2, 0) is 23.4 Å². The van der Waals surface area contributed by atoms with Gasteiger partial charge in [-0.1, -0.05) is 18.2 Å². The van der Waals surface area contributed by atoms with Gasteiger partial charge in [-0.15, -0.1) is 0 Å². The monoisotopic (exact) mass is 572 g/mol. The highest BCUT2D eigenvalue weighted by Gasteiger charge is 2.62. The van der Waals surface area contributed by atoms with Gasteiger partial charge < -0.3 is 25.2 Å². The molecule has 6 atom stereocenters.